The maximum Gasteiger partial charge on any atom is 0.306 e. The molecule has 3 aliphatic carbocycles. The number of rotatable bonds is 10. The number of nitrogens with zero attached hydrogens (tertiary/aromatic N) is 3. The molecule has 8 atom stereocenters. The van der Waals surface area contributed by atoms with E-state index < -0.39 is 128 Å². The number of methoxy groups -OCH3 is 1. The van der Waals surface area contributed by atoms with E-state index in [1.165, 1.54) is 31.1 Å². The van der Waals surface area contributed by atoms with E-state index in [9.17, 15) is 31.6 Å². The van der Waals surface area contributed by atoms with Crippen molar-refractivity contribution in [3.63, 3.8) is 0 Å². The number of aromatic nitrogens is 2. The Hall–Kier alpha value is -4.09. The Morgan fingerprint density at radius 1 is 1.05 bits per heavy atom. The molecule has 3 saturated carbocycles. The number of nitrogens with one attached hydrogen (secondary N) is 1. The molecule has 4 fully saturated rings. The molecule has 0 spiro atoms. The third kappa shape index (κ3) is 8.93. The Morgan fingerprint density at radius 3 is 2.39 bits per heavy atom. The van der Waals surface area contributed by atoms with E-state index in [0.29, 0.717) is 31.4 Å². The first-order valence-corrected chi connectivity index (χ1v) is 22.8. The number of alkyl halides is 4. The molecule has 336 valence electrons. The first-order valence-electron chi connectivity index (χ1n) is 21.3. The maximum atomic E-state index is 16.4. The van der Waals surface area contributed by atoms with Gasteiger partial charge in [-0.25, -0.2) is 27.2 Å². The number of Topliss-reactive ketones (excluding diaryl/α,β-unsaturated/α-hetero) is 1. The number of halogens is 4. The summed E-state index contributed by atoms with van der Waals surface area (Å²) in [4.78, 5) is 67.3. The maximum absolute atomic E-state index is 16.4. The number of fused-ring (bicyclic) bond motifs is 5. The normalized spacial score (nSPS) is 31.2. The summed E-state index contributed by atoms with van der Waals surface area (Å²) in [5.74, 6) is -10.6. The smallest absolute Gasteiger partial charge is 0.306 e. The number of esters is 1. The van der Waals surface area contributed by atoms with Crippen LogP contribution in [0, 0.1) is 34.5 Å². The standard InChI is InChI=1S/C43H56F4N4O9S/c1-7-10-25-32-22-51(34(25)30(52)21-42(20-27(42)36(44)45)39(55)50-61(56,57)41(5)15-16-41)38(54)26(40(2,3)4)19-33(53)59-31-17-23(31)11-8-9-14-43(46,47)35-37(60-32)49-29-18-24(58-6)12-13-28(29)48-35/h12-13,18,23,25-27,31-32,34,36H,7-11,14-17,19-22H2,1-6H3,(H,50,55)/t23-,25-,26-,27+,31-,32+,34+,42-/m1/s1. The number of ketones is 1. The van der Waals surface area contributed by atoms with Crippen LogP contribution < -0.4 is 14.2 Å². The third-order valence-electron chi connectivity index (χ3n) is 13.7. The van der Waals surface area contributed by atoms with Gasteiger partial charge in [0.1, 0.15) is 18.0 Å². The summed E-state index contributed by atoms with van der Waals surface area (Å²) in [5.41, 5.74) is -3.36. The van der Waals surface area contributed by atoms with Crippen LogP contribution in [0.3, 0.4) is 0 Å². The highest BCUT2D eigenvalue weighted by Gasteiger charge is 2.67. The van der Waals surface area contributed by atoms with Gasteiger partial charge in [-0.05, 0) is 75.3 Å². The fourth-order valence-electron chi connectivity index (χ4n) is 9.23. The van der Waals surface area contributed by atoms with E-state index in [2.05, 4.69) is 9.97 Å². The number of carbonyl (C=O) groups is 4. The van der Waals surface area contributed by atoms with Gasteiger partial charge in [-0.1, -0.05) is 40.5 Å². The summed E-state index contributed by atoms with van der Waals surface area (Å²) < 4.78 is 106. The molecule has 0 unspecified atom stereocenters. The van der Waals surface area contributed by atoms with Crippen molar-refractivity contribution < 1.29 is 59.4 Å². The van der Waals surface area contributed by atoms with Crippen molar-refractivity contribution in [2.75, 3.05) is 13.7 Å². The molecule has 13 nitrogen and oxygen atoms in total. The highest BCUT2D eigenvalue weighted by atomic mass is 32.2. The SMILES string of the molecule is CCC[C@@H]1[C@@H]2CN(C(=O)[C@H](C(C)(C)C)CC(=O)O[C@@H]3C[C@H]3CCCCC(F)(F)c3nc4ccc(OC)cc4nc3O2)[C@@H]1C(=O)C[C@]1(C(=O)NS(=O)(=O)C2(C)CC2)C[C@H]1C(F)F. The van der Waals surface area contributed by atoms with E-state index >= 15 is 13.6 Å². The van der Waals surface area contributed by atoms with Crippen molar-refractivity contribution in [2.24, 2.45) is 34.5 Å². The molecule has 1 aromatic heterocycles. The highest BCUT2D eigenvalue weighted by Crippen LogP contribution is 2.59. The molecule has 1 aromatic carbocycles. The molecule has 1 N–H and O–H groups in total. The zero-order valence-electron chi connectivity index (χ0n) is 35.5. The molecule has 61 heavy (non-hydrogen) atoms. The van der Waals surface area contributed by atoms with Crippen molar-refractivity contribution in [1.82, 2.24) is 19.6 Å². The van der Waals surface area contributed by atoms with Gasteiger partial charge in [-0.15, -0.1) is 0 Å². The van der Waals surface area contributed by atoms with E-state index in [-0.39, 0.29) is 55.6 Å². The van der Waals surface area contributed by atoms with Crippen molar-refractivity contribution in [3.05, 3.63) is 23.9 Å². The molecule has 2 aliphatic heterocycles. The molecule has 3 heterocycles. The van der Waals surface area contributed by atoms with Crippen molar-refractivity contribution >= 4 is 44.6 Å². The number of hydrogen-bond donors (Lipinski definition) is 1. The van der Waals surface area contributed by atoms with Gasteiger partial charge in [-0.3, -0.25) is 23.9 Å². The number of sulfonamides is 1. The van der Waals surface area contributed by atoms with Crippen molar-refractivity contribution in [3.8, 4) is 11.6 Å². The molecule has 5 aliphatic rings. The number of ether oxygens (including phenoxy) is 3. The van der Waals surface area contributed by atoms with Gasteiger partial charge in [0.25, 0.3) is 5.92 Å². The summed E-state index contributed by atoms with van der Waals surface area (Å²) in [7, 11) is -2.84. The van der Waals surface area contributed by atoms with Crippen LogP contribution in [0.15, 0.2) is 18.2 Å². The summed E-state index contributed by atoms with van der Waals surface area (Å²) in [6.07, 6.45) is -4.09. The second kappa shape index (κ2) is 16.2. The fraction of sp³-hybridized carbons (Fsp3) is 0.721. The first-order chi connectivity index (χ1) is 28.5. The Bertz CT molecular complexity index is 2180. The Morgan fingerprint density at radius 2 is 1.77 bits per heavy atom. The van der Waals surface area contributed by atoms with Crippen LogP contribution in [-0.4, -0.2) is 89.9 Å². The van der Waals surface area contributed by atoms with Crippen molar-refractivity contribution in [1.29, 1.82) is 0 Å². The van der Waals surface area contributed by atoms with Crippen LogP contribution in [0.4, 0.5) is 17.6 Å². The van der Waals surface area contributed by atoms with Crippen LogP contribution in [0.2, 0.25) is 0 Å². The summed E-state index contributed by atoms with van der Waals surface area (Å²) in [6.45, 7) is 8.15. The summed E-state index contributed by atoms with van der Waals surface area (Å²) in [6, 6.07) is 3.14. The van der Waals surface area contributed by atoms with Crippen LogP contribution in [0.5, 0.6) is 11.6 Å². The van der Waals surface area contributed by atoms with E-state index in [4.69, 9.17) is 14.2 Å². The minimum atomic E-state index is -4.27. The van der Waals surface area contributed by atoms with Crippen LogP contribution in [0.1, 0.15) is 117 Å². The molecule has 1 saturated heterocycles. The number of carbonyl (C=O) groups excluding carboxylic acids is 4. The third-order valence-corrected chi connectivity index (χ3v) is 15.8. The topological polar surface area (TPSA) is 171 Å². The predicted molar refractivity (Wildman–Crippen MR) is 213 cm³/mol. The fourth-order valence-corrected chi connectivity index (χ4v) is 10.6. The molecule has 0 radical (unpaired) electrons. The summed E-state index contributed by atoms with van der Waals surface area (Å²) >= 11 is 0. The molecule has 2 aromatic rings. The largest absolute Gasteiger partial charge is 0.497 e. The number of hydrogen-bond acceptors (Lipinski definition) is 11. The molecule has 2 amide bonds. The lowest BCUT2D eigenvalue weighted by Gasteiger charge is -2.35. The Kier molecular flexibility index (Phi) is 12.0. The van der Waals surface area contributed by atoms with E-state index in [1.807, 2.05) is 4.72 Å². The van der Waals surface area contributed by atoms with Gasteiger partial charge in [-0.2, -0.15) is 8.78 Å². The second-order valence-electron chi connectivity index (χ2n) is 19.2. The Balaban J connectivity index is 1.32. The van der Waals surface area contributed by atoms with Gasteiger partial charge in [0.05, 0.1) is 53.2 Å². The lowest BCUT2D eigenvalue weighted by atomic mass is 9.77. The zero-order chi connectivity index (χ0) is 44.4. The minimum Gasteiger partial charge on any atom is -0.497 e. The average Bonchev–Trinajstić information content (AvgIpc) is 4.13. The zero-order valence-corrected chi connectivity index (χ0v) is 36.3. The minimum absolute atomic E-state index is 0.0168. The number of benzene rings is 1. The Labute approximate surface area is 353 Å². The van der Waals surface area contributed by atoms with Crippen LogP contribution in [-0.2, 0) is 39.9 Å². The molecule has 18 heteroatoms. The van der Waals surface area contributed by atoms with Crippen LogP contribution in [0.25, 0.3) is 11.0 Å². The highest BCUT2D eigenvalue weighted by molar-refractivity contribution is 7.91. The molecule has 7 rings (SSSR count). The van der Waals surface area contributed by atoms with Gasteiger partial charge in [0.2, 0.25) is 34.1 Å². The second-order valence-corrected chi connectivity index (χ2v) is 21.4. The summed E-state index contributed by atoms with van der Waals surface area (Å²) in [5, 5.41) is 0. The molecule has 2 bridgehead atoms. The molecular formula is C43H56F4N4O9S. The lowest BCUT2D eigenvalue weighted by molar-refractivity contribution is -0.154. The quantitative estimate of drug-likeness (QED) is 0.195. The van der Waals surface area contributed by atoms with Gasteiger partial charge in [0, 0.05) is 30.7 Å². The van der Waals surface area contributed by atoms with Crippen molar-refractivity contribution in [2.45, 2.75) is 147 Å². The van der Waals surface area contributed by atoms with E-state index in [1.54, 1.807) is 33.8 Å². The van der Waals surface area contributed by atoms with Gasteiger partial charge < -0.3 is 19.1 Å². The van der Waals surface area contributed by atoms with Gasteiger partial charge >= 0.3 is 5.97 Å². The first kappa shape index (κ1) is 44.9. The average molecular weight is 881 g/mol. The van der Waals surface area contributed by atoms with Gasteiger partial charge in [0.15, 0.2) is 11.5 Å². The number of amides is 2. The van der Waals surface area contributed by atoms with Crippen LogP contribution >= 0.6 is 0 Å². The predicted octanol–water partition coefficient (Wildman–Crippen LogP) is 6.89. The lowest BCUT2D eigenvalue weighted by Crippen LogP contribution is -2.50. The monoisotopic (exact) mass is 880 g/mol. The van der Waals surface area contributed by atoms with E-state index in [0.717, 1.165) is 0 Å². The molecular weight excluding hydrogens is 825 g/mol.